The Hall–Kier alpha value is -1.11. The number of halogens is 1. The Morgan fingerprint density at radius 1 is 1.10 bits per heavy atom. The Balaban J connectivity index is 3.80. The van der Waals surface area contributed by atoms with E-state index in [2.05, 4.69) is 16.1 Å². The van der Waals surface area contributed by atoms with E-state index in [1.54, 1.807) is 0 Å². The topological polar surface area (TPSA) is 87.7 Å². The van der Waals surface area contributed by atoms with Crippen molar-refractivity contribution >= 4 is 16.1 Å². The van der Waals surface area contributed by atoms with Crippen molar-refractivity contribution in [1.82, 2.24) is 13.6 Å². The molecular formula is C3H2BrN3O3. The monoisotopic (exact) mass is 207 g/mol. The van der Waals surface area contributed by atoms with Crippen LogP contribution in [0.5, 0.6) is 0 Å². The van der Waals surface area contributed by atoms with Gasteiger partial charge in [0.05, 0.1) is 16.1 Å². The summed E-state index contributed by atoms with van der Waals surface area (Å²) >= 11 is 2.60. The lowest BCUT2D eigenvalue weighted by molar-refractivity contribution is 0.861. The van der Waals surface area contributed by atoms with Gasteiger partial charge in [-0.25, -0.2) is 14.4 Å². The maximum atomic E-state index is 10.5. The summed E-state index contributed by atoms with van der Waals surface area (Å²) in [5.41, 5.74) is -2.41. The Labute approximate surface area is 61.9 Å². The number of aromatic nitrogens is 3. The van der Waals surface area contributed by atoms with E-state index in [1.807, 2.05) is 9.97 Å². The number of nitrogens with one attached hydrogen (secondary N) is 2. The van der Waals surface area contributed by atoms with Crippen molar-refractivity contribution in [3.8, 4) is 0 Å². The third kappa shape index (κ3) is 1.08. The minimum Gasteiger partial charge on any atom is -0.258 e. The van der Waals surface area contributed by atoms with Gasteiger partial charge in [0.1, 0.15) is 0 Å². The van der Waals surface area contributed by atoms with Crippen molar-refractivity contribution in [3.63, 3.8) is 0 Å². The highest BCUT2D eigenvalue weighted by Crippen LogP contribution is 1.68. The van der Waals surface area contributed by atoms with Gasteiger partial charge in [-0.05, 0) is 0 Å². The van der Waals surface area contributed by atoms with Gasteiger partial charge in [0.15, 0.2) is 0 Å². The summed E-state index contributed by atoms with van der Waals surface area (Å²) in [5, 5.41) is 0. The Morgan fingerprint density at radius 3 is 1.90 bits per heavy atom. The molecule has 1 aromatic rings. The summed E-state index contributed by atoms with van der Waals surface area (Å²) in [6.07, 6.45) is 0. The maximum absolute atomic E-state index is 10.5. The van der Waals surface area contributed by atoms with Gasteiger partial charge in [-0.3, -0.25) is 9.97 Å². The predicted molar refractivity (Wildman–Crippen MR) is 36.3 cm³/mol. The quantitative estimate of drug-likeness (QED) is 0.537. The van der Waals surface area contributed by atoms with Gasteiger partial charge in [0.2, 0.25) is 0 Å². The van der Waals surface area contributed by atoms with Gasteiger partial charge in [0.25, 0.3) is 0 Å². The highest BCUT2D eigenvalue weighted by molar-refractivity contribution is 9.08. The third-order valence-electron chi connectivity index (χ3n) is 0.798. The normalized spacial score (nSPS) is 9.70. The van der Waals surface area contributed by atoms with E-state index in [0.717, 1.165) is 0 Å². The molecule has 0 bridgehead atoms. The van der Waals surface area contributed by atoms with Crippen molar-refractivity contribution in [2.45, 2.75) is 0 Å². The molecule has 10 heavy (non-hydrogen) atoms. The second kappa shape index (κ2) is 2.25. The molecule has 0 amide bonds. The van der Waals surface area contributed by atoms with Crippen LogP contribution in [0.3, 0.4) is 0 Å². The number of rotatable bonds is 0. The minimum atomic E-state index is -0.814. The second-order valence-corrected chi connectivity index (χ2v) is 2.18. The lowest BCUT2D eigenvalue weighted by Gasteiger charge is -1.86. The fourth-order valence-corrected chi connectivity index (χ4v) is 0.593. The number of hydrogen-bond acceptors (Lipinski definition) is 3. The first-order chi connectivity index (χ1) is 4.61. The summed E-state index contributed by atoms with van der Waals surface area (Å²) in [7, 11) is 0. The van der Waals surface area contributed by atoms with Crippen molar-refractivity contribution in [2.75, 3.05) is 0 Å². The number of hydrogen-bond donors (Lipinski definition) is 2. The molecule has 2 N–H and O–H groups in total. The van der Waals surface area contributed by atoms with E-state index in [1.165, 1.54) is 0 Å². The molecule has 6 nitrogen and oxygen atoms in total. The van der Waals surface area contributed by atoms with Gasteiger partial charge in [-0.2, -0.15) is 3.59 Å². The molecule has 0 aliphatic heterocycles. The summed E-state index contributed by atoms with van der Waals surface area (Å²) in [4.78, 5) is 35.0. The zero-order chi connectivity index (χ0) is 7.72. The van der Waals surface area contributed by atoms with Crippen LogP contribution in [0.15, 0.2) is 14.4 Å². The smallest absolute Gasteiger partial charge is 0.258 e. The molecular weight excluding hydrogens is 206 g/mol. The first kappa shape index (κ1) is 7.00. The van der Waals surface area contributed by atoms with Crippen LogP contribution >= 0.6 is 16.1 Å². The fourth-order valence-electron chi connectivity index (χ4n) is 0.416. The average Bonchev–Trinajstić information content (AvgIpc) is 1.82. The summed E-state index contributed by atoms with van der Waals surface area (Å²) in [5.74, 6) is 0. The molecule has 0 atom stereocenters. The molecule has 1 aromatic heterocycles. The first-order valence-electron chi connectivity index (χ1n) is 2.23. The molecule has 0 fully saturated rings. The molecule has 0 unspecified atom stereocenters. The zero-order valence-electron chi connectivity index (χ0n) is 4.55. The van der Waals surface area contributed by atoms with Gasteiger partial charge in [-0.15, -0.1) is 0 Å². The van der Waals surface area contributed by atoms with Crippen LogP contribution in [0.1, 0.15) is 0 Å². The highest BCUT2D eigenvalue weighted by Gasteiger charge is 1.95. The first-order valence-corrected chi connectivity index (χ1v) is 2.94. The predicted octanol–water partition coefficient (Wildman–Crippen LogP) is -1.62. The van der Waals surface area contributed by atoms with E-state index in [-0.39, 0.29) is 0 Å². The standard InChI is InChI=1S/C3H2BrN3O3/c4-7-2(9)5-1(8)6-3(7)10/h(H2,5,6,8,9,10). The van der Waals surface area contributed by atoms with Crippen molar-refractivity contribution < 1.29 is 0 Å². The van der Waals surface area contributed by atoms with Crippen molar-refractivity contribution in [1.29, 1.82) is 0 Å². The largest absolute Gasteiger partial charge is 0.344 e. The lowest BCUT2D eigenvalue weighted by Crippen LogP contribution is -2.38. The van der Waals surface area contributed by atoms with Crippen LogP contribution < -0.4 is 17.1 Å². The van der Waals surface area contributed by atoms with Crippen LogP contribution in [-0.2, 0) is 0 Å². The molecule has 7 heteroatoms. The van der Waals surface area contributed by atoms with Crippen LogP contribution in [0.2, 0.25) is 0 Å². The molecule has 0 radical (unpaired) electrons. The number of nitrogens with zero attached hydrogens (tertiary/aromatic N) is 1. The molecule has 0 saturated heterocycles. The molecule has 0 aliphatic carbocycles. The zero-order valence-corrected chi connectivity index (χ0v) is 6.14. The van der Waals surface area contributed by atoms with E-state index >= 15 is 0 Å². The van der Waals surface area contributed by atoms with Gasteiger partial charge in [-0.1, -0.05) is 0 Å². The molecule has 0 spiro atoms. The summed E-state index contributed by atoms with van der Waals surface area (Å²) < 4.78 is 0.578. The van der Waals surface area contributed by atoms with Crippen LogP contribution in [0.4, 0.5) is 0 Å². The van der Waals surface area contributed by atoms with Gasteiger partial charge < -0.3 is 0 Å². The second-order valence-electron chi connectivity index (χ2n) is 1.47. The minimum absolute atomic E-state index is 0.578. The van der Waals surface area contributed by atoms with E-state index in [0.29, 0.717) is 3.59 Å². The van der Waals surface area contributed by atoms with E-state index < -0.39 is 17.1 Å². The van der Waals surface area contributed by atoms with Crippen molar-refractivity contribution in [3.05, 3.63) is 31.5 Å². The van der Waals surface area contributed by atoms with Gasteiger partial charge in [0, 0.05) is 0 Å². The molecule has 0 aliphatic rings. The molecule has 54 valence electrons. The Bertz CT molecular complexity index is 364. The molecule has 1 heterocycles. The molecule has 0 saturated carbocycles. The van der Waals surface area contributed by atoms with Crippen molar-refractivity contribution in [2.24, 2.45) is 0 Å². The SMILES string of the molecule is O=c1[nH]c(=O)n(Br)c(=O)[nH]1. The lowest BCUT2D eigenvalue weighted by atomic mass is 11.0. The van der Waals surface area contributed by atoms with Crippen LogP contribution in [0, 0.1) is 0 Å². The molecule has 0 aromatic carbocycles. The fraction of sp³-hybridized carbons (Fsp3) is 0. The average molecular weight is 208 g/mol. The maximum Gasteiger partial charge on any atom is 0.344 e. The van der Waals surface area contributed by atoms with E-state index in [4.69, 9.17) is 0 Å². The summed E-state index contributed by atoms with van der Waals surface area (Å²) in [6.45, 7) is 0. The van der Waals surface area contributed by atoms with Gasteiger partial charge >= 0.3 is 17.1 Å². The van der Waals surface area contributed by atoms with Crippen LogP contribution in [-0.4, -0.2) is 13.6 Å². The van der Waals surface area contributed by atoms with E-state index in [9.17, 15) is 14.4 Å². The number of aromatic amines is 2. The summed E-state index contributed by atoms with van der Waals surface area (Å²) in [6, 6.07) is 0. The number of H-pyrrole nitrogens is 2. The molecule has 1 rings (SSSR count). The third-order valence-corrected chi connectivity index (χ3v) is 1.44. The Kier molecular flexibility index (Phi) is 1.58. The Morgan fingerprint density at radius 2 is 1.50 bits per heavy atom. The highest BCUT2D eigenvalue weighted by atomic mass is 79.9. The van der Waals surface area contributed by atoms with Crippen LogP contribution in [0.25, 0.3) is 0 Å².